The third kappa shape index (κ3) is 4.42. The number of ether oxygens (including phenoxy) is 3. The summed E-state index contributed by atoms with van der Waals surface area (Å²) < 4.78 is 59.1. The first kappa shape index (κ1) is 23.5. The molecule has 3 heterocycles. The lowest BCUT2D eigenvalue weighted by Gasteiger charge is -2.31. The first-order chi connectivity index (χ1) is 16.8. The van der Waals surface area contributed by atoms with E-state index in [1.165, 1.54) is 12.1 Å². The standard InChI is InChI=1S/C25H27F3N4O3/c1-13(16-5-4-6-17(20(16)26)24(27)28)29-25-18-11-19(35-15-7-9-33-12-15)23-22(32(3)8-10-34-23)21(18)30-14(2)31-25/h4-6,11,13,15,24H,7-10,12H2,1-3H3,(H,29,30,31)/t13-,15+/m1/s1. The van der Waals surface area contributed by atoms with Gasteiger partial charge in [0.2, 0.25) is 0 Å². The molecule has 0 bridgehead atoms. The Morgan fingerprint density at radius 2 is 2.00 bits per heavy atom. The van der Waals surface area contributed by atoms with Gasteiger partial charge in [0, 0.05) is 24.4 Å². The minimum Gasteiger partial charge on any atom is -0.486 e. The number of likely N-dealkylation sites (N-methyl/N-ethyl adjacent to an activating group) is 1. The molecule has 7 nitrogen and oxygen atoms in total. The number of alkyl halides is 2. The monoisotopic (exact) mass is 488 g/mol. The van der Waals surface area contributed by atoms with Gasteiger partial charge in [-0.05, 0) is 19.9 Å². The van der Waals surface area contributed by atoms with Crippen LogP contribution in [-0.2, 0) is 4.74 Å². The van der Waals surface area contributed by atoms with Gasteiger partial charge in [0.15, 0.2) is 11.5 Å². The van der Waals surface area contributed by atoms with Crippen molar-refractivity contribution in [3.8, 4) is 11.5 Å². The maximum absolute atomic E-state index is 14.8. The molecule has 0 spiro atoms. The molecule has 1 fully saturated rings. The van der Waals surface area contributed by atoms with Gasteiger partial charge < -0.3 is 24.4 Å². The largest absolute Gasteiger partial charge is 0.486 e. The van der Waals surface area contributed by atoms with E-state index in [0.29, 0.717) is 60.4 Å². The molecule has 10 heteroatoms. The van der Waals surface area contributed by atoms with Gasteiger partial charge in [0.1, 0.15) is 41.4 Å². The molecule has 3 aromatic rings. The van der Waals surface area contributed by atoms with E-state index in [4.69, 9.17) is 14.2 Å². The van der Waals surface area contributed by atoms with Crippen molar-refractivity contribution < 1.29 is 27.4 Å². The van der Waals surface area contributed by atoms with Crippen molar-refractivity contribution in [2.24, 2.45) is 0 Å². The number of hydrogen-bond donors (Lipinski definition) is 1. The quantitative estimate of drug-likeness (QED) is 0.513. The average Bonchev–Trinajstić information content (AvgIpc) is 3.32. The molecule has 2 aliphatic rings. The van der Waals surface area contributed by atoms with E-state index in [2.05, 4.69) is 20.2 Å². The van der Waals surface area contributed by atoms with Crippen LogP contribution in [-0.4, -0.2) is 49.5 Å². The van der Waals surface area contributed by atoms with Crippen LogP contribution in [0.4, 0.5) is 24.7 Å². The van der Waals surface area contributed by atoms with Crippen LogP contribution in [0, 0.1) is 12.7 Å². The highest BCUT2D eigenvalue weighted by atomic mass is 19.3. The summed E-state index contributed by atoms with van der Waals surface area (Å²) in [6.07, 6.45) is -2.22. The fraction of sp³-hybridized carbons (Fsp3) is 0.440. The number of fused-ring (bicyclic) bond motifs is 3. The van der Waals surface area contributed by atoms with E-state index in [0.717, 1.165) is 18.2 Å². The third-order valence-corrected chi connectivity index (χ3v) is 6.35. The van der Waals surface area contributed by atoms with Gasteiger partial charge >= 0.3 is 0 Å². The van der Waals surface area contributed by atoms with Crippen LogP contribution in [0.15, 0.2) is 24.3 Å². The Labute approximate surface area is 201 Å². The predicted octanol–water partition coefficient (Wildman–Crippen LogP) is 5.18. The second kappa shape index (κ2) is 9.41. The highest BCUT2D eigenvalue weighted by Gasteiger charge is 2.29. The molecule has 1 N–H and O–H groups in total. The predicted molar refractivity (Wildman–Crippen MR) is 126 cm³/mol. The van der Waals surface area contributed by atoms with Crippen molar-refractivity contribution >= 4 is 22.4 Å². The molecule has 35 heavy (non-hydrogen) atoms. The van der Waals surface area contributed by atoms with Crippen molar-refractivity contribution in [2.75, 3.05) is 43.6 Å². The number of benzene rings is 2. The molecule has 0 unspecified atom stereocenters. The summed E-state index contributed by atoms with van der Waals surface area (Å²) in [6, 6.07) is 5.21. The van der Waals surface area contributed by atoms with Gasteiger partial charge in [-0.25, -0.2) is 23.1 Å². The zero-order valence-electron chi connectivity index (χ0n) is 19.8. The van der Waals surface area contributed by atoms with E-state index >= 15 is 0 Å². The SMILES string of the molecule is Cc1nc(N[C@H](C)c2cccc(C(F)F)c2F)c2cc(O[C@H]3CCOC3)c3c(c2n1)N(C)CCO3. The summed E-state index contributed by atoms with van der Waals surface area (Å²) in [4.78, 5) is 11.3. The average molecular weight is 489 g/mol. The maximum Gasteiger partial charge on any atom is 0.266 e. The highest BCUT2D eigenvalue weighted by molar-refractivity contribution is 6.02. The molecule has 0 amide bonds. The number of nitrogens with zero attached hydrogens (tertiary/aromatic N) is 3. The molecule has 2 aliphatic heterocycles. The van der Waals surface area contributed by atoms with Crippen LogP contribution in [0.3, 0.4) is 0 Å². The summed E-state index contributed by atoms with van der Waals surface area (Å²) in [6.45, 7) is 5.79. The fourth-order valence-corrected chi connectivity index (χ4v) is 4.55. The second-order valence-electron chi connectivity index (χ2n) is 8.86. The van der Waals surface area contributed by atoms with Gasteiger partial charge in [-0.2, -0.15) is 0 Å². The Morgan fingerprint density at radius 3 is 2.74 bits per heavy atom. The Morgan fingerprint density at radius 1 is 1.20 bits per heavy atom. The smallest absolute Gasteiger partial charge is 0.266 e. The highest BCUT2D eigenvalue weighted by Crippen LogP contribution is 2.47. The van der Waals surface area contributed by atoms with Crippen LogP contribution in [0.5, 0.6) is 11.5 Å². The molecule has 1 aromatic heterocycles. The van der Waals surface area contributed by atoms with Crippen molar-refractivity contribution in [1.82, 2.24) is 9.97 Å². The number of rotatable bonds is 6. The Balaban J connectivity index is 1.61. The number of aromatic nitrogens is 2. The number of aryl methyl sites for hydroxylation is 1. The van der Waals surface area contributed by atoms with Gasteiger partial charge in [-0.15, -0.1) is 0 Å². The lowest BCUT2D eigenvalue weighted by Crippen LogP contribution is -2.30. The molecule has 0 saturated carbocycles. The van der Waals surface area contributed by atoms with Gasteiger partial charge in [0.05, 0.1) is 31.4 Å². The van der Waals surface area contributed by atoms with E-state index in [9.17, 15) is 13.2 Å². The normalized spacial score (nSPS) is 18.5. The van der Waals surface area contributed by atoms with E-state index in [-0.39, 0.29) is 11.7 Å². The first-order valence-corrected chi connectivity index (χ1v) is 11.6. The van der Waals surface area contributed by atoms with Crippen molar-refractivity contribution in [2.45, 2.75) is 38.8 Å². The number of hydrogen-bond acceptors (Lipinski definition) is 7. The zero-order valence-corrected chi connectivity index (χ0v) is 19.8. The summed E-state index contributed by atoms with van der Waals surface area (Å²) in [5, 5.41) is 3.88. The number of halogens is 3. The molecule has 0 radical (unpaired) electrons. The third-order valence-electron chi connectivity index (χ3n) is 6.35. The Hall–Kier alpha value is -3.27. The summed E-state index contributed by atoms with van der Waals surface area (Å²) in [5.41, 5.74) is 0.961. The van der Waals surface area contributed by atoms with Crippen LogP contribution >= 0.6 is 0 Å². The van der Waals surface area contributed by atoms with Crippen LogP contribution in [0.1, 0.15) is 42.8 Å². The minimum absolute atomic E-state index is 0.0970. The van der Waals surface area contributed by atoms with Gasteiger partial charge in [0.25, 0.3) is 6.43 Å². The summed E-state index contributed by atoms with van der Waals surface area (Å²) >= 11 is 0. The van der Waals surface area contributed by atoms with Crippen LogP contribution < -0.4 is 19.7 Å². The van der Waals surface area contributed by atoms with Crippen molar-refractivity contribution in [3.05, 3.63) is 47.0 Å². The van der Waals surface area contributed by atoms with Crippen LogP contribution in [0.25, 0.3) is 10.9 Å². The second-order valence-corrected chi connectivity index (χ2v) is 8.86. The van der Waals surface area contributed by atoms with Crippen LogP contribution in [0.2, 0.25) is 0 Å². The topological polar surface area (TPSA) is 68.7 Å². The van der Waals surface area contributed by atoms with Crippen molar-refractivity contribution in [1.29, 1.82) is 0 Å². The number of nitrogens with one attached hydrogen (secondary N) is 1. The van der Waals surface area contributed by atoms with Crippen molar-refractivity contribution in [3.63, 3.8) is 0 Å². The molecular formula is C25H27F3N4O3. The first-order valence-electron chi connectivity index (χ1n) is 11.6. The fourth-order valence-electron chi connectivity index (χ4n) is 4.55. The molecular weight excluding hydrogens is 461 g/mol. The van der Waals surface area contributed by atoms with E-state index in [1.54, 1.807) is 13.8 Å². The van der Waals surface area contributed by atoms with E-state index in [1.807, 2.05) is 13.1 Å². The molecule has 1 saturated heterocycles. The molecule has 2 aromatic carbocycles. The molecule has 2 atom stereocenters. The molecule has 5 rings (SSSR count). The van der Waals surface area contributed by atoms with Gasteiger partial charge in [-0.1, -0.05) is 18.2 Å². The molecule has 186 valence electrons. The minimum atomic E-state index is -2.90. The lowest BCUT2D eigenvalue weighted by atomic mass is 10.0. The number of anilines is 2. The van der Waals surface area contributed by atoms with Gasteiger partial charge in [-0.3, -0.25) is 0 Å². The Bertz CT molecular complexity index is 1250. The lowest BCUT2D eigenvalue weighted by molar-refractivity contribution is 0.137. The maximum atomic E-state index is 14.8. The summed E-state index contributed by atoms with van der Waals surface area (Å²) in [5.74, 6) is 1.21. The van der Waals surface area contributed by atoms with E-state index < -0.39 is 23.8 Å². The summed E-state index contributed by atoms with van der Waals surface area (Å²) in [7, 11) is 1.96. The Kier molecular flexibility index (Phi) is 6.31. The molecule has 0 aliphatic carbocycles. The zero-order chi connectivity index (χ0) is 24.7.